The van der Waals surface area contributed by atoms with Crippen LogP contribution in [-0.4, -0.2) is 27.3 Å². The number of halogens is 2. The van der Waals surface area contributed by atoms with Gasteiger partial charge < -0.3 is 14.6 Å². The second kappa shape index (κ2) is 7.96. The van der Waals surface area contributed by atoms with Gasteiger partial charge in [-0.1, -0.05) is 6.07 Å². The lowest BCUT2D eigenvalue weighted by molar-refractivity contribution is -0.0498. The molecule has 1 amide bonds. The summed E-state index contributed by atoms with van der Waals surface area (Å²) in [5, 5.41) is 11.3. The molecular formula is C17H14F2N4O2S. The Bertz CT molecular complexity index is 900. The van der Waals surface area contributed by atoms with Gasteiger partial charge in [0.15, 0.2) is 5.16 Å². The van der Waals surface area contributed by atoms with E-state index in [0.717, 1.165) is 10.1 Å². The third-order valence-corrected chi connectivity index (χ3v) is 4.37. The largest absolute Gasteiger partial charge is 0.435 e. The van der Waals surface area contributed by atoms with Gasteiger partial charge in [-0.25, -0.2) is 0 Å². The molecule has 0 spiro atoms. The molecule has 6 nitrogen and oxygen atoms in total. The number of nitrogens with one attached hydrogen (secondary N) is 1. The maximum absolute atomic E-state index is 12.3. The zero-order chi connectivity index (χ0) is 18.5. The second-order valence-corrected chi connectivity index (χ2v) is 6.25. The number of ether oxygens (including phenoxy) is 1. The molecule has 1 aromatic heterocycles. The fourth-order valence-electron chi connectivity index (χ4n) is 2.09. The molecule has 9 heteroatoms. The number of hydrogen-bond donors (Lipinski definition) is 1. The fourth-order valence-corrected chi connectivity index (χ4v) is 2.86. The molecule has 0 aliphatic heterocycles. The van der Waals surface area contributed by atoms with Crippen LogP contribution in [0.4, 0.5) is 14.5 Å². The van der Waals surface area contributed by atoms with Crippen molar-refractivity contribution in [2.24, 2.45) is 7.05 Å². The Kier molecular flexibility index (Phi) is 5.47. The van der Waals surface area contributed by atoms with Gasteiger partial charge >= 0.3 is 6.61 Å². The van der Waals surface area contributed by atoms with Gasteiger partial charge in [0.2, 0.25) is 0 Å². The van der Waals surface area contributed by atoms with Crippen LogP contribution in [-0.2, 0) is 7.05 Å². The van der Waals surface area contributed by atoms with Crippen LogP contribution in [0.3, 0.4) is 0 Å². The first-order valence-electron chi connectivity index (χ1n) is 7.49. The summed E-state index contributed by atoms with van der Waals surface area (Å²) in [5.41, 5.74) is 0.804. The third kappa shape index (κ3) is 4.57. The maximum atomic E-state index is 12.3. The molecule has 0 saturated carbocycles. The minimum atomic E-state index is -2.94. The lowest BCUT2D eigenvalue weighted by Gasteiger charge is -2.08. The molecule has 1 N–H and O–H groups in total. The molecule has 1 heterocycles. The maximum Gasteiger partial charge on any atom is 0.387 e. The minimum absolute atomic E-state index is 0.0666. The Balaban J connectivity index is 1.65. The summed E-state index contributed by atoms with van der Waals surface area (Å²) >= 11 is 1.44. The van der Waals surface area contributed by atoms with Gasteiger partial charge in [-0.15, -0.1) is 10.2 Å². The van der Waals surface area contributed by atoms with Crippen molar-refractivity contribution in [3.8, 4) is 5.75 Å². The van der Waals surface area contributed by atoms with E-state index in [9.17, 15) is 13.6 Å². The highest BCUT2D eigenvalue weighted by atomic mass is 32.2. The number of aryl methyl sites for hydroxylation is 1. The smallest absolute Gasteiger partial charge is 0.387 e. The van der Waals surface area contributed by atoms with Gasteiger partial charge in [-0.2, -0.15) is 8.78 Å². The first-order valence-corrected chi connectivity index (χ1v) is 8.31. The van der Waals surface area contributed by atoms with Crippen LogP contribution in [0, 0.1) is 0 Å². The molecule has 134 valence electrons. The minimum Gasteiger partial charge on any atom is -0.435 e. The Hall–Kier alpha value is -2.94. The molecular weight excluding hydrogens is 362 g/mol. The van der Waals surface area contributed by atoms with Crippen LogP contribution in [0.5, 0.6) is 5.75 Å². The van der Waals surface area contributed by atoms with Crippen molar-refractivity contribution < 1.29 is 18.3 Å². The predicted molar refractivity (Wildman–Crippen MR) is 92.6 cm³/mol. The van der Waals surface area contributed by atoms with Crippen LogP contribution >= 0.6 is 11.8 Å². The topological polar surface area (TPSA) is 69.0 Å². The van der Waals surface area contributed by atoms with Gasteiger partial charge in [0.1, 0.15) is 12.1 Å². The van der Waals surface area contributed by atoms with Crippen molar-refractivity contribution in [1.82, 2.24) is 14.8 Å². The van der Waals surface area contributed by atoms with E-state index >= 15 is 0 Å². The quantitative estimate of drug-likeness (QED) is 0.708. The van der Waals surface area contributed by atoms with E-state index in [1.54, 1.807) is 23.0 Å². The lowest BCUT2D eigenvalue weighted by Crippen LogP contribution is -2.12. The molecule has 0 atom stereocenters. The Morgan fingerprint density at radius 1 is 1.23 bits per heavy atom. The van der Waals surface area contributed by atoms with Crippen LogP contribution in [0.2, 0.25) is 0 Å². The van der Waals surface area contributed by atoms with Crippen LogP contribution < -0.4 is 10.1 Å². The highest BCUT2D eigenvalue weighted by Crippen LogP contribution is 2.26. The summed E-state index contributed by atoms with van der Waals surface area (Å²) in [6.45, 7) is -2.94. The van der Waals surface area contributed by atoms with E-state index < -0.39 is 12.5 Å². The highest BCUT2D eigenvalue weighted by molar-refractivity contribution is 7.99. The average molecular weight is 376 g/mol. The lowest BCUT2D eigenvalue weighted by atomic mass is 10.2. The van der Waals surface area contributed by atoms with E-state index in [0.29, 0.717) is 5.69 Å². The van der Waals surface area contributed by atoms with Crippen molar-refractivity contribution in [3.63, 3.8) is 0 Å². The van der Waals surface area contributed by atoms with E-state index in [4.69, 9.17) is 0 Å². The molecule has 0 aliphatic carbocycles. The fraction of sp³-hybridized carbons (Fsp3) is 0.118. The molecule has 3 aromatic rings. The average Bonchev–Trinajstić information content (AvgIpc) is 3.01. The Labute approximate surface area is 152 Å². The molecule has 0 radical (unpaired) electrons. The summed E-state index contributed by atoms with van der Waals surface area (Å²) in [7, 11) is 1.85. The highest BCUT2D eigenvalue weighted by Gasteiger charge is 2.10. The number of aromatic nitrogens is 3. The van der Waals surface area contributed by atoms with E-state index in [1.807, 2.05) is 19.2 Å². The number of amides is 1. The number of nitrogens with zero attached hydrogens (tertiary/aromatic N) is 3. The number of alkyl halides is 2. The van der Waals surface area contributed by atoms with Crippen LogP contribution in [0.1, 0.15) is 10.4 Å². The van der Waals surface area contributed by atoms with Gasteiger partial charge in [-0.05, 0) is 54.2 Å². The molecule has 0 saturated heterocycles. The normalized spacial score (nSPS) is 10.8. The summed E-state index contributed by atoms with van der Waals surface area (Å²) in [6.07, 6.45) is 1.61. The predicted octanol–water partition coefficient (Wildman–Crippen LogP) is 3.82. The molecule has 3 rings (SSSR count). The van der Waals surface area contributed by atoms with Crippen LogP contribution in [0.15, 0.2) is 64.9 Å². The molecule has 0 bridgehead atoms. The SMILES string of the molecule is Cn1cnnc1Sc1ccc(NC(=O)c2cccc(OC(F)F)c2)cc1. The summed E-state index contributed by atoms with van der Waals surface area (Å²) in [5.74, 6) is -0.485. The zero-order valence-corrected chi connectivity index (χ0v) is 14.4. The molecule has 0 unspecified atom stereocenters. The Morgan fingerprint density at radius 3 is 2.65 bits per heavy atom. The van der Waals surface area contributed by atoms with Crippen molar-refractivity contribution in [1.29, 1.82) is 0 Å². The van der Waals surface area contributed by atoms with Gasteiger partial charge in [0, 0.05) is 23.2 Å². The van der Waals surface area contributed by atoms with Crippen LogP contribution in [0.25, 0.3) is 0 Å². The summed E-state index contributed by atoms with van der Waals surface area (Å²) in [4.78, 5) is 13.2. The molecule has 0 aliphatic rings. The van der Waals surface area contributed by atoms with Gasteiger partial charge in [-0.3, -0.25) is 4.79 Å². The van der Waals surface area contributed by atoms with Gasteiger partial charge in [0.25, 0.3) is 5.91 Å². The van der Waals surface area contributed by atoms with E-state index in [1.165, 1.54) is 36.0 Å². The monoisotopic (exact) mass is 376 g/mol. The number of anilines is 1. The third-order valence-electron chi connectivity index (χ3n) is 3.31. The van der Waals surface area contributed by atoms with E-state index in [-0.39, 0.29) is 11.3 Å². The van der Waals surface area contributed by atoms with Crippen molar-refractivity contribution in [2.75, 3.05) is 5.32 Å². The molecule has 26 heavy (non-hydrogen) atoms. The number of rotatable bonds is 6. The number of carbonyl (C=O) groups excluding carboxylic acids is 1. The van der Waals surface area contributed by atoms with Crippen molar-refractivity contribution in [3.05, 3.63) is 60.4 Å². The zero-order valence-electron chi connectivity index (χ0n) is 13.6. The summed E-state index contributed by atoms with van der Waals surface area (Å²) in [6, 6.07) is 12.8. The first-order chi connectivity index (χ1) is 12.5. The first kappa shape index (κ1) is 17.9. The second-order valence-electron chi connectivity index (χ2n) is 5.21. The van der Waals surface area contributed by atoms with Gasteiger partial charge in [0.05, 0.1) is 0 Å². The van der Waals surface area contributed by atoms with Crippen molar-refractivity contribution >= 4 is 23.4 Å². The number of carbonyl (C=O) groups is 1. The number of benzene rings is 2. The number of hydrogen-bond acceptors (Lipinski definition) is 5. The standard InChI is InChI=1S/C17H14F2N4O2S/c1-23-10-20-22-17(23)26-14-7-5-12(6-8-14)21-15(24)11-3-2-4-13(9-11)25-16(18)19/h2-10,16H,1H3,(H,21,24). The summed E-state index contributed by atoms with van der Waals surface area (Å²) < 4.78 is 30.6. The molecule has 0 fully saturated rings. The van der Waals surface area contributed by atoms with Crippen molar-refractivity contribution in [2.45, 2.75) is 16.7 Å². The Morgan fingerprint density at radius 2 is 2.00 bits per heavy atom. The molecule has 2 aromatic carbocycles. The van der Waals surface area contributed by atoms with E-state index in [2.05, 4.69) is 20.3 Å².